The first-order chi connectivity index (χ1) is 14.0. The van der Waals surface area contributed by atoms with Gasteiger partial charge in [-0.1, -0.05) is 0 Å². The highest BCUT2D eigenvalue weighted by Gasteiger charge is 2.09. The first kappa shape index (κ1) is 18.6. The van der Waals surface area contributed by atoms with E-state index >= 15 is 0 Å². The Morgan fingerprint density at radius 2 is 2.07 bits per heavy atom. The number of aliphatic imine (C=N–C) groups is 1. The second kappa shape index (κ2) is 7.71. The second-order valence-corrected chi connectivity index (χ2v) is 7.03. The fraction of sp³-hybridized carbons (Fsp3) is 0.182. The monoisotopic (exact) mass is 385 g/mol. The second-order valence-electron chi connectivity index (χ2n) is 7.03. The summed E-state index contributed by atoms with van der Waals surface area (Å²) in [5.74, 6) is 0.730. The molecule has 0 aliphatic carbocycles. The van der Waals surface area contributed by atoms with Crippen LogP contribution in [0.3, 0.4) is 0 Å². The average Bonchev–Trinajstić information content (AvgIpc) is 3.17. The lowest BCUT2D eigenvalue weighted by Crippen LogP contribution is -2.06. The van der Waals surface area contributed by atoms with E-state index in [2.05, 4.69) is 38.4 Å². The molecule has 7 nitrogen and oxygen atoms in total. The molecule has 0 radical (unpaired) electrons. The summed E-state index contributed by atoms with van der Waals surface area (Å²) in [4.78, 5) is 12.8. The SMILES string of the molecule is CN=C[C@@H](C)n1cc(Nc2cc3cc(-c4cnccc4C)cc(N)c3cn2)cn1. The summed E-state index contributed by atoms with van der Waals surface area (Å²) < 4.78 is 1.84. The van der Waals surface area contributed by atoms with E-state index in [1.54, 1.807) is 25.6 Å². The van der Waals surface area contributed by atoms with E-state index in [4.69, 9.17) is 5.73 Å². The fourth-order valence-corrected chi connectivity index (χ4v) is 3.33. The maximum atomic E-state index is 6.31. The highest BCUT2D eigenvalue weighted by Crippen LogP contribution is 2.31. The van der Waals surface area contributed by atoms with Gasteiger partial charge in [-0.3, -0.25) is 14.7 Å². The molecule has 146 valence electrons. The minimum absolute atomic E-state index is 0.0881. The molecule has 0 aliphatic heterocycles. The molecular formula is C22H23N7. The van der Waals surface area contributed by atoms with Crippen molar-refractivity contribution in [3.8, 4) is 11.1 Å². The number of rotatable bonds is 5. The van der Waals surface area contributed by atoms with E-state index in [0.717, 1.165) is 39.0 Å². The maximum absolute atomic E-state index is 6.31. The third-order valence-corrected chi connectivity index (χ3v) is 4.88. The van der Waals surface area contributed by atoms with Gasteiger partial charge in [0.25, 0.3) is 0 Å². The van der Waals surface area contributed by atoms with Crippen molar-refractivity contribution in [3.05, 3.63) is 60.8 Å². The normalized spacial score (nSPS) is 12.5. The Balaban J connectivity index is 1.68. The van der Waals surface area contributed by atoms with Gasteiger partial charge in [0.2, 0.25) is 0 Å². The molecule has 0 saturated heterocycles. The lowest BCUT2D eigenvalue weighted by Gasteiger charge is -2.11. The third kappa shape index (κ3) is 3.80. The van der Waals surface area contributed by atoms with Crippen molar-refractivity contribution in [1.29, 1.82) is 0 Å². The number of nitrogens with zero attached hydrogens (tertiary/aromatic N) is 5. The number of benzene rings is 1. The molecule has 0 aliphatic rings. The number of hydrogen-bond acceptors (Lipinski definition) is 6. The highest BCUT2D eigenvalue weighted by atomic mass is 15.3. The lowest BCUT2D eigenvalue weighted by atomic mass is 9.99. The van der Waals surface area contributed by atoms with Gasteiger partial charge < -0.3 is 11.1 Å². The molecule has 0 amide bonds. The van der Waals surface area contributed by atoms with Crippen molar-refractivity contribution in [2.24, 2.45) is 4.99 Å². The van der Waals surface area contributed by atoms with Gasteiger partial charge in [0.05, 0.1) is 17.9 Å². The zero-order valence-electron chi connectivity index (χ0n) is 16.7. The number of nitrogens with one attached hydrogen (secondary N) is 1. The summed E-state index contributed by atoms with van der Waals surface area (Å²) in [5, 5.41) is 9.62. The predicted molar refractivity (Wildman–Crippen MR) is 119 cm³/mol. The Morgan fingerprint density at radius 1 is 1.21 bits per heavy atom. The van der Waals surface area contributed by atoms with Gasteiger partial charge in [0.1, 0.15) is 5.82 Å². The summed E-state index contributed by atoms with van der Waals surface area (Å²) in [6.45, 7) is 4.10. The van der Waals surface area contributed by atoms with Gasteiger partial charge in [-0.2, -0.15) is 5.10 Å². The number of hydrogen-bond donors (Lipinski definition) is 2. The predicted octanol–water partition coefficient (Wildman–Crippen LogP) is 4.39. The number of nitrogens with two attached hydrogens (primary N) is 1. The van der Waals surface area contributed by atoms with E-state index in [-0.39, 0.29) is 6.04 Å². The largest absolute Gasteiger partial charge is 0.398 e. The zero-order chi connectivity index (χ0) is 20.4. The first-order valence-electron chi connectivity index (χ1n) is 9.39. The Bertz CT molecular complexity index is 1190. The van der Waals surface area contributed by atoms with Gasteiger partial charge in [-0.25, -0.2) is 4.98 Å². The molecule has 3 N–H and O–H groups in total. The van der Waals surface area contributed by atoms with Crippen LogP contribution in [0.5, 0.6) is 0 Å². The van der Waals surface area contributed by atoms with Crippen molar-refractivity contribution in [2.45, 2.75) is 19.9 Å². The number of fused-ring (bicyclic) bond motifs is 1. The molecule has 1 aromatic carbocycles. The molecule has 4 aromatic rings. The summed E-state index contributed by atoms with van der Waals surface area (Å²) in [5.41, 5.74) is 11.1. The number of aromatic nitrogens is 4. The van der Waals surface area contributed by atoms with Gasteiger partial charge in [-0.05, 0) is 54.6 Å². The van der Waals surface area contributed by atoms with Crippen molar-refractivity contribution >= 4 is 34.2 Å². The maximum Gasteiger partial charge on any atom is 0.131 e. The van der Waals surface area contributed by atoms with Crippen molar-refractivity contribution in [1.82, 2.24) is 19.7 Å². The van der Waals surface area contributed by atoms with Crippen LogP contribution in [0.4, 0.5) is 17.2 Å². The van der Waals surface area contributed by atoms with Crippen molar-refractivity contribution in [3.63, 3.8) is 0 Å². The van der Waals surface area contributed by atoms with E-state index in [0.29, 0.717) is 5.69 Å². The van der Waals surface area contributed by atoms with Crippen LogP contribution in [-0.2, 0) is 0 Å². The van der Waals surface area contributed by atoms with Crippen molar-refractivity contribution in [2.75, 3.05) is 18.1 Å². The lowest BCUT2D eigenvalue weighted by molar-refractivity contribution is 0.617. The molecule has 29 heavy (non-hydrogen) atoms. The Kier molecular flexibility index (Phi) is 4.95. The molecule has 3 aromatic heterocycles. The molecule has 0 spiro atoms. The quantitative estimate of drug-likeness (QED) is 0.392. The minimum atomic E-state index is 0.0881. The van der Waals surface area contributed by atoms with Crippen LogP contribution >= 0.6 is 0 Å². The summed E-state index contributed by atoms with van der Waals surface area (Å²) >= 11 is 0. The van der Waals surface area contributed by atoms with Gasteiger partial charge in [0.15, 0.2) is 0 Å². The van der Waals surface area contributed by atoms with Gasteiger partial charge >= 0.3 is 0 Å². The molecule has 0 unspecified atom stereocenters. The van der Waals surface area contributed by atoms with Gasteiger partial charge in [-0.15, -0.1) is 0 Å². The van der Waals surface area contributed by atoms with E-state index < -0.39 is 0 Å². The smallest absolute Gasteiger partial charge is 0.131 e. The number of nitrogen functional groups attached to an aromatic ring is 1. The van der Waals surface area contributed by atoms with Crippen LogP contribution in [0, 0.1) is 6.92 Å². The molecule has 0 saturated carbocycles. The standard InChI is InChI=1S/C22H23N7/c1-14-4-5-25-11-19(14)16-6-17-8-22(26-12-20(17)21(23)7-16)28-18-10-27-29(13-18)15(2)9-24-3/h4-13,15H,23H2,1-3H3,(H,26,28)/t15-/m1/s1. The van der Waals surface area contributed by atoms with Crippen LogP contribution < -0.4 is 11.1 Å². The van der Waals surface area contributed by atoms with E-state index in [9.17, 15) is 0 Å². The molecule has 4 rings (SSSR count). The summed E-state index contributed by atoms with van der Waals surface area (Å²) in [7, 11) is 1.76. The van der Waals surface area contributed by atoms with Crippen LogP contribution in [0.25, 0.3) is 21.9 Å². The molecule has 3 heterocycles. The van der Waals surface area contributed by atoms with E-state index in [1.807, 2.05) is 48.4 Å². The fourth-order valence-electron chi connectivity index (χ4n) is 3.33. The van der Waals surface area contributed by atoms with Crippen LogP contribution in [-0.4, -0.2) is 33.0 Å². The topological polar surface area (TPSA) is 94.0 Å². The van der Waals surface area contributed by atoms with Crippen LogP contribution in [0.1, 0.15) is 18.5 Å². The molecular weight excluding hydrogens is 362 g/mol. The number of aryl methyl sites for hydroxylation is 1. The molecule has 1 atom stereocenters. The Hall–Kier alpha value is -3.74. The molecule has 0 bridgehead atoms. The van der Waals surface area contributed by atoms with Gasteiger partial charge in [0, 0.05) is 54.7 Å². The van der Waals surface area contributed by atoms with Crippen LogP contribution in [0.15, 0.2) is 60.2 Å². The summed E-state index contributed by atoms with van der Waals surface area (Å²) in [6, 6.07) is 8.17. The Morgan fingerprint density at radius 3 is 2.86 bits per heavy atom. The highest BCUT2D eigenvalue weighted by molar-refractivity contribution is 5.97. The van der Waals surface area contributed by atoms with Crippen molar-refractivity contribution < 1.29 is 0 Å². The summed E-state index contributed by atoms with van der Waals surface area (Å²) in [6.07, 6.45) is 11.0. The number of anilines is 3. The third-order valence-electron chi connectivity index (χ3n) is 4.88. The molecule has 7 heteroatoms. The van der Waals surface area contributed by atoms with E-state index in [1.165, 1.54) is 0 Å². The average molecular weight is 385 g/mol. The zero-order valence-corrected chi connectivity index (χ0v) is 16.7. The minimum Gasteiger partial charge on any atom is -0.398 e. The Labute approximate surface area is 169 Å². The number of pyridine rings is 2. The van der Waals surface area contributed by atoms with Crippen LogP contribution in [0.2, 0.25) is 0 Å². The molecule has 0 fully saturated rings. The first-order valence-corrected chi connectivity index (χ1v) is 9.39.